The zero-order valence-electron chi connectivity index (χ0n) is 15.6. The molecule has 0 radical (unpaired) electrons. The summed E-state index contributed by atoms with van der Waals surface area (Å²) < 4.78 is 10.8. The van der Waals surface area contributed by atoms with Gasteiger partial charge in [-0.05, 0) is 31.0 Å². The highest BCUT2D eigenvalue weighted by molar-refractivity contribution is 8.00. The lowest BCUT2D eigenvalue weighted by molar-refractivity contribution is -0.138. The van der Waals surface area contributed by atoms with E-state index in [9.17, 15) is 9.59 Å². The molecule has 7 heteroatoms. The van der Waals surface area contributed by atoms with Gasteiger partial charge in [0.2, 0.25) is 11.8 Å². The fourth-order valence-electron chi connectivity index (χ4n) is 3.32. The minimum absolute atomic E-state index is 0.0920. The van der Waals surface area contributed by atoms with Gasteiger partial charge in [0.05, 0.1) is 20.0 Å². The third kappa shape index (κ3) is 3.77. The van der Waals surface area contributed by atoms with Crippen LogP contribution < -0.4 is 9.47 Å². The molecule has 6 nitrogen and oxygen atoms in total. The molecule has 26 heavy (non-hydrogen) atoms. The second-order valence-electron chi connectivity index (χ2n) is 6.75. The van der Waals surface area contributed by atoms with Gasteiger partial charge in [0.25, 0.3) is 0 Å². The van der Waals surface area contributed by atoms with Gasteiger partial charge < -0.3 is 19.3 Å². The SMILES string of the molecule is COc1ccc(OC)c([C@@H]2SCC(=O)N2CCN(C)C(=O)C2CCC2)c1. The van der Waals surface area contributed by atoms with Gasteiger partial charge in [0, 0.05) is 31.6 Å². The topological polar surface area (TPSA) is 59.1 Å². The Hall–Kier alpha value is -1.89. The highest BCUT2D eigenvalue weighted by Crippen LogP contribution is 2.43. The number of carbonyl (C=O) groups excluding carboxylic acids is 2. The van der Waals surface area contributed by atoms with Crippen LogP contribution in [-0.4, -0.2) is 61.7 Å². The number of hydrogen-bond donors (Lipinski definition) is 0. The van der Waals surface area contributed by atoms with Gasteiger partial charge in [0.1, 0.15) is 16.9 Å². The lowest BCUT2D eigenvalue weighted by atomic mass is 9.84. The summed E-state index contributed by atoms with van der Waals surface area (Å²) in [6.07, 6.45) is 3.12. The summed E-state index contributed by atoms with van der Waals surface area (Å²) in [6.45, 7) is 1.07. The van der Waals surface area contributed by atoms with E-state index in [0.717, 1.165) is 36.3 Å². The zero-order valence-corrected chi connectivity index (χ0v) is 16.4. The first-order valence-corrected chi connectivity index (χ1v) is 9.98. The first kappa shape index (κ1) is 18.9. The van der Waals surface area contributed by atoms with Gasteiger partial charge in [-0.25, -0.2) is 0 Å². The summed E-state index contributed by atoms with van der Waals surface area (Å²) in [7, 11) is 5.08. The molecule has 1 aromatic rings. The van der Waals surface area contributed by atoms with Crippen LogP contribution in [0, 0.1) is 5.92 Å². The van der Waals surface area contributed by atoms with Crippen LogP contribution in [-0.2, 0) is 9.59 Å². The van der Waals surface area contributed by atoms with Crippen LogP contribution in [0.15, 0.2) is 18.2 Å². The Balaban J connectivity index is 1.71. The van der Waals surface area contributed by atoms with E-state index in [1.165, 1.54) is 0 Å². The number of amides is 2. The predicted octanol–water partition coefficient (Wildman–Crippen LogP) is 2.54. The van der Waals surface area contributed by atoms with E-state index in [2.05, 4.69) is 0 Å². The van der Waals surface area contributed by atoms with Crippen molar-refractivity contribution in [2.75, 3.05) is 40.1 Å². The maximum absolute atomic E-state index is 12.4. The molecule has 1 saturated carbocycles. The molecule has 1 atom stereocenters. The van der Waals surface area contributed by atoms with E-state index in [0.29, 0.717) is 18.8 Å². The monoisotopic (exact) mass is 378 g/mol. The van der Waals surface area contributed by atoms with E-state index >= 15 is 0 Å². The Labute approximate surface area is 158 Å². The van der Waals surface area contributed by atoms with Gasteiger partial charge >= 0.3 is 0 Å². The van der Waals surface area contributed by atoms with E-state index in [-0.39, 0.29) is 23.1 Å². The molecular weight excluding hydrogens is 352 g/mol. The maximum Gasteiger partial charge on any atom is 0.233 e. The fourth-order valence-corrected chi connectivity index (χ4v) is 4.55. The van der Waals surface area contributed by atoms with Crippen LogP contribution in [0.4, 0.5) is 0 Å². The van der Waals surface area contributed by atoms with Crippen molar-refractivity contribution in [3.63, 3.8) is 0 Å². The lowest BCUT2D eigenvalue weighted by Gasteiger charge is -2.31. The molecule has 0 N–H and O–H groups in total. The van der Waals surface area contributed by atoms with Crippen LogP contribution >= 0.6 is 11.8 Å². The molecule has 0 bridgehead atoms. The highest BCUT2D eigenvalue weighted by Gasteiger charge is 2.35. The second kappa shape index (κ2) is 8.20. The van der Waals surface area contributed by atoms with Gasteiger partial charge in [-0.15, -0.1) is 11.8 Å². The average molecular weight is 378 g/mol. The Morgan fingerprint density at radius 3 is 2.69 bits per heavy atom. The number of rotatable bonds is 7. The average Bonchev–Trinajstić information content (AvgIpc) is 2.97. The third-order valence-electron chi connectivity index (χ3n) is 5.18. The first-order valence-electron chi connectivity index (χ1n) is 8.93. The van der Waals surface area contributed by atoms with Gasteiger partial charge in [-0.1, -0.05) is 6.42 Å². The lowest BCUT2D eigenvalue weighted by Crippen LogP contribution is -2.41. The van der Waals surface area contributed by atoms with E-state index in [1.54, 1.807) is 30.9 Å². The van der Waals surface area contributed by atoms with E-state index in [1.807, 2.05) is 30.1 Å². The molecule has 1 saturated heterocycles. The molecular formula is C19H26N2O4S. The molecule has 1 heterocycles. The summed E-state index contributed by atoms with van der Waals surface area (Å²) in [6, 6.07) is 5.63. The predicted molar refractivity (Wildman–Crippen MR) is 101 cm³/mol. The quantitative estimate of drug-likeness (QED) is 0.730. The number of nitrogens with zero attached hydrogens (tertiary/aromatic N) is 2. The van der Waals surface area contributed by atoms with Gasteiger partial charge in [-0.2, -0.15) is 0 Å². The maximum atomic E-state index is 12.4. The Morgan fingerprint density at radius 2 is 2.08 bits per heavy atom. The van der Waals surface area contributed by atoms with Crippen molar-refractivity contribution in [1.82, 2.24) is 9.80 Å². The molecule has 0 unspecified atom stereocenters. The standard InChI is InChI=1S/C19H26N2O4S/c1-20(18(23)13-5-4-6-13)9-10-21-17(22)12-26-19(21)15-11-14(24-2)7-8-16(15)25-3/h7-8,11,13,19H,4-6,9-10,12H2,1-3H3/t19-/m0/s1. The van der Waals surface area contributed by atoms with Gasteiger partial charge in [-0.3, -0.25) is 9.59 Å². The van der Waals surface area contributed by atoms with Crippen molar-refractivity contribution in [1.29, 1.82) is 0 Å². The van der Waals surface area contributed by atoms with Crippen molar-refractivity contribution in [2.24, 2.45) is 5.92 Å². The van der Waals surface area contributed by atoms with Gasteiger partial charge in [0.15, 0.2) is 0 Å². The van der Waals surface area contributed by atoms with Crippen molar-refractivity contribution >= 4 is 23.6 Å². The normalized spacial score (nSPS) is 20.0. The Morgan fingerprint density at radius 1 is 1.31 bits per heavy atom. The molecule has 0 aromatic heterocycles. The van der Waals surface area contributed by atoms with Crippen LogP contribution in [0.1, 0.15) is 30.2 Å². The molecule has 2 aliphatic rings. The molecule has 3 rings (SSSR count). The minimum atomic E-state index is -0.125. The molecule has 1 aliphatic carbocycles. The van der Waals surface area contributed by atoms with Crippen LogP contribution in [0.25, 0.3) is 0 Å². The second-order valence-corrected chi connectivity index (χ2v) is 7.81. The van der Waals surface area contributed by atoms with Crippen LogP contribution in [0.3, 0.4) is 0 Å². The fraction of sp³-hybridized carbons (Fsp3) is 0.579. The summed E-state index contributed by atoms with van der Waals surface area (Å²) in [5.74, 6) is 2.38. The highest BCUT2D eigenvalue weighted by atomic mass is 32.2. The molecule has 142 valence electrons. The zero-order chi connectivity index (χ0) is 18.7. The minimum Gasteiger partial charge on any atom is -0.497 e. The summed E-state index contributed by atoms with van der Waals surface area (Å²) in [5.41, 5.74) is 0.927. The number of likely N-dealkylation sites (N-methyl/N-ethyl adjacent to an activating group) is 1. The number of carbonyl (C=O) groups is 2. The first-order chi connectivity index (χ1) is 12.5. The van der Waals surface area contributed by atoms with Crippen molar-refractivity contribution in [3.05, 3.63) is 23.8 Å². The van der Waals surface area contributed by atoms with Crippen molar-refractivity contribution < 1.29 is 19.1 Å². The number of methoxy groups -OCH3 is 2. The van der Waals surface area contributed by atoms with Crippen molar-refractivity contribution in [3.8, 4) is 11.5 Å². The Kier molecular flexibility index (Phi) is 5.96. The molecule has 2 amide bonds. The molecule has 2 fully saturated rings. The Bertz CT molecular complexity index is 678. The summed E-state index contributed by atoms with van der Waals surface area (Å²) in [5, 5.41) is -0.125. The summed E-state index contributed by atoms with van der Waals surface area (Å²) in [4.78, 5) is 28.4. The molecule has 1 aliphatic heterocycles. The third-order valence-corrected chi connectivity index (χ3v) is 6.42. The van der Waals surface area contributed by atoms with E-state index < -0.39 is 0 Å². The summed E-state index contributed by atoms with van der Waals surface area (Å²) >= 11 is 1.58. The van der Waals surface area contributed by atoms with Crippen molar-refractivity contribution in [2.45, 2.75) is 24.6 Å². The number of benzene rings is 1. The van der Waals surface area contributed by atoms with E-state index in [4.69, 9.17) is 9.47 Å². The number of thioether (sulfide) groups is 1. The molecule has 0 spiro atoms. The number of hydrogen-bond acceptors (Lipinski definition) is 5. The smallest absolute Gasteiger partial charge is 0.233 e. The molecule has 1 aromatic carbocycles. The number of ether oxygens (including phenoxy) is 2. The largest absolute Gasteiger partial charge is 0.497 e. The van der Waals surface area contributed by atoms with Crippen LogP contribution in [0.2, 0.25) is 0 Å². The van der Waals surface area contributed by atoms with Crippen LogP contribution in [0.5, 0.6) is 11.5 Å².